The number of nitrogens with zero attached hydrogens (tertiary/aromatic N) is 1. The van der Waals surface area contributed by atoms with Crippen molar-refractivity contribution >= 4 is 5.69 Å². The zero-order valence-corrected chi connectivity index (χ0v) is 13.7. The molecule has 0 aromatic heterocycles. The molecule has 0 radical (unpaired) electrons. The average Bonchev–Trinajstić information content (AvgIpc) is 2.53. The third-order valence-electron chi connectivity index (χ3n) is 3.41. The van der Waals surface area contributed by atoms with Crippen LogP contribution in [0.5, 0.6) is 5.75 Å². The molecule has 0 fully saturated rings. The van der Waals surface area contributed by atoms with Gasteiger partial charge < -0.3 is 19.7 Å². The van der Waals surface area contributed by atoms with E-state index < -0.39 is 0 Å². The average molecular weight is 300 g/mol. The molecular weight excluding hydrogens is 276 g/mol. The first-order valence-corrected chi connectivity index (χ1v) is 7.33. The van der Waals surface area contributed by atoms with Gasteiger partial charge in [0.05, 0.1) is 0 Å². The summed E-state index contributed by atoms with van der Waals surface area (Å²) in [5, 5.41) is 3.25. The standard InChI is InChI=1S/C18H24N2O2/c1-19-17-11-10-15(14-8-6-5-7-9-14)18(22-13-21-4)16(17)12-20(2)3/h5-11,19H,12-13H2,1-4H3. The number of nitrogens with one attached hydrogen (secondary N) is 1. The molecule has 0 heterocycles. The fourth-order valence-electron chi connectivity index (χ4n) is 2.46. The van der Waals surface area contributed by atoms with Crippen molar-refractivity contribution in [2.45, 2.75) is 6.54 Å². The van der Waals surface area contributed by atoms with Crippen molar-refractivity contribution in [3.63, 3.8) is 0 Å². The van der Waals surface area contributed by atoms with Crippen molar-refractivity contribution in [2.75, 3.05) is 40.4 Å². The third-order valence-corrected chi connectivity index (χ3v) is 3.41. The number of ether oxygens (including phenoxy) is 2. The van der Waals surface area contributed by atoms with E-state index in [4.69, 9.17) is 9.47 Å². The van der Waals surface area contributed by atoms with Crippen LogP contribution in [0.3, 0.4) is 0 Å². The third kappa shape index (κ3) is 3.78. The van der Waals surface area contributed by atoms with Crippen LogP contribution in [0.1, 0.15) is 5.56 Å². The molecule has 0 aliphatic rings. The molecule has 0 amide bonds. The van der Waals surface area contributed by atoms with Crippen LogP contribution in [0.15, 0.2) is 42.5 Å². The van der Waals surface area contributed by atoms with Gasteiger partial charge in [0.2, 0.25) is 0 Å². The highest BCUT2D eigenvalue weighted by Crippen LogP contribution is 2.38. The minimum absolute atomic E-state index is 0.230. The molecule has 118 valence electrons. The SMILES string of the molecule is CNc1ccc(-c2ccccc2)c(OCOC)c1CN(C)C. The van der Waals surface area contributed by atoms with E-state index >= 15 is 0 Å². The monoisotopic (exact) mass is 300 g/mol. The maximum Gasteiger partial charge on any atom is 0.188 e. The smallest absolute Gasteiger partial charge is 0.188 e. The van der Waals surface area contributed by atoms with Gasteiger partial charge in [0.1, 0.15) is 5.75 Å². The molecule has 0 aliphatic heterocycles. The van der Waals surface area contributed by atoms with E-state index in [0.29, 0.717) is 0 Å². The van der Waals surface area contributed by atoms with Gasteiger partial charge in [0.15, 0.2) is 6.79 Å². The highest BCUT2D eigenvalue weighted by molar-refractivity contribution is 5.76. The Morgan fingerprint density at radius 3 is 2.36 bits per heavy atom. The lowest BCUT2D eigenvalue weighted by molar-refractivity contribution is 0.0505. The number of benzene rings is 2. The quantitative estimate of drug-likeness (QED) is 0.794. The van der Waals surface area contributed by atoms with Crippen LogP contribution in [0, 0.1) is 0 Å². The first-order chi connectivity index (χ1) is 10.7. The molecule has 0 unspecified atom stereocenters. The number of methoxy groups -OCH3 is 1. The first-order valence-electron chi connectivity index (χ1n) is 7.33. The van der Waals surface area contributed by atoms with Crippen LogP contribution < -0.4 is 10.1 Å². The van der Waals surface area contributed by atoms with Crippen LogP contribution in [0.2, 0.25) is 0 Å². The number of rotatable bonds is 7. The second-order valence-corrected chi connectivity index (χ2v) is 5.37. The molecule has 2 aromatic rings. The molecule has 0 bridgehead atoms. The lowest BCUT2D eigenvalue weighted by atomic mass is 9.99. The summed E-state index contributed by atoms with van der Waals surface area (Å²) in [4.78, 5) is 2.13. The molecular formula is C18H24N2O2. The Kier molecular flexibility index (Phi) is 5.81. The lowest BCUT2D eigenvalue weighted by Gasteiger charge is -2.21. The maximum atomic E-state index is 5.93. The van der Waals surface area contributed by atoms with Gasteiger partial charge in [-0.1, -0.05) is 30.3 Å². The summed E-state index contributed by atoms with van der Waals surface area (Å²) >= 11 is 0. The second kappa shape index (κ2) is 7.82. The Hall–Kier alpha value is -2.04. The van der Waals surface area contributed by atoms with E-state index in [-0.39, 0.29) is 6.79 Å². The summed E-state index contributed by atoms with van der Waals surface area (Å²) in [6, 6.07) is 14.5. The van der Waals surface area contributed by atoms with Crippen molar-refractivity contribution in [2.24, 2.45) is 0 Å². The van der Waals surface area contributed by atoms with Crippen LogP contribution in [-0.4, -0.2) is 39.9 Å². The number of hydrogen-bond donors (Lipinski definition) is 1. The lowest BCUT2D eigenvalue weighted by Crippen LogP contribution is -2.15. The number of hydrogen-bond acceptors (Lipinski definition) is 4. The molecule has 0 saturated heterocycles. The summed E-state index contributed by atoms with van der Waals surface area (Å²) in [6.45, 7) is 1.02. The predicted octanol–water partition coefficient (Wildman–Crippen LogP) is 3.44. The van der Waals surface area contributed by atoms with Gasteiger partial charge in [-0.25, -0.2) is 0 Å². The summed E-state index contributed by atoms with van der Waals surface area (Å²) < 4.78 is 11.0. The Morgan fingerprint density at radius 1 is 1.05 bits per heavy atom. The highest BCUT2D eigenvalue weighted by atomic mass is 16.7. The van der Waals surface area contributed by atoms with E-state index in [9.17, 15) is 0 Å². The molecule has 0 spiro atoms. The van der Waals surface area contributed by atoms with Crippen molar-refractivity contribution in [3.8, 4) is 16.9 Å². The highest BCUT2D eigenvalue weighted by Gasteiger charge is 2.16. The summed E-state index contributed by atoms with van der Waals surface area (Å²) in [5.41, 5.74) is 4.41. The summed E-state index contributed by atoms with van der Waals surface area (Å²) in [5.74, 6) is 0.869. The Labute approximate surface area is 132 Å². The fourth-order valence-corrected chi connectivity index (χ4v) is 2.46. The van der Waals surface area contributed by atoms with E-state index in [2.05, 4.69) is 48.6 Å². The molecule has 0 atom stereocenters. The van der Waals surface area contributed by atoms with Crippen molar-refractivity contribution < 1.29 is 9.47 Å². The first kappa shape index (κ1) is 16.3. The molecule has 4 nitrogen and oxygen atoms in total. The van der Waals surface area contributed by atoms with E-state index in [0.717, 1.165) is 34.7 Å². The van der Waals surface area contributed by atoms with E-state index in [1.165, 1.54) is 0 Å². The molecule has 1 N–H and O–H groups in total. The topological polar surface area (TPSA) is 33.7 Å². The molecule has 0 aliphatic carbocycles. The van der Waals surface area contributed by atoms with Gasteiger partial charge in [-0.15, -0.1) is 0 Å². The zero-order valence-electron chi connectivity index (χ0n) is 13.7. The van der Waals surface area contributed by atoms with Gasteiger partial charge in [0.25, 0.3) is 0 Å². The zero-order chi connectivity index (χ0) is 15.9. The van der Waals surface area contributed by atoms with Gasteiger partial charge >= 0.3 is 0 Å². The summed E-state index contributed by atoms with van der Waals surface area (Å²) in [7, 11) is 7.66. The molecule has 2 rings (SSSR count). The maximum absolute atomic E-state index is 5.93. The van der Waals surface area contributed by atoms with Gasteiger partial charge in [-0.05, 0) is 31.8 Å². The molecule has 2 aromatic carbocycles. The largest absolute Gasteiger partial charge is 0.466 e. The molecule has 0 saturated carbocycles. The van der Waals surface area contributed by atoms with Gasteiger partial charge in [-0.2, -0.15) is 0 Å². The van der Waals surface area contributed by atoms with Crippen molar-refractivity contribution in [1.29, 1.82) is 0 Å². The van der Waals surface area contributed by atoms with Crippen LogP contribution in [0.4, 0.5) is 5.69 Å². The van der Waals surface area contributed by atoms with Crippen LogP contribution >= 0.6 is 0 Å². The van der Waals surface area contributed by atoms with E-state index in [1.807, 2.05) is 25.2 Å². The van der Waals surface area contributed by atoms with E-state index in [1.54, 1.807) is 7.11 Å². The molecule has 4 heteroatoms. The Balaban J connectivity index is 2.57. The normalized spacial score (nSPS) is 10.8. The minimum atomic E-state index is 0.230. The van der Waals surface area contributed by atoms with Gasteiger partial charge in [0, 0.05) is 37.5 Å². The van der Waals surface area contributed by atoms with Crippen molar-refractivity contribution in [1.82, 2.24) is 4.90 Å². The van der Waals surface area contributed by atoms with Crippen LogP contribution in [-0.2, 0) is 11.3 Å². The Bertz CT molecular complexity index is 598. The second-order valence-electron chi connectivity index (χ2n) is 5.37. The minimum Gasteiger partial charge on any atom is -0.466 e. The fraction of sp³-hybridized carbons (Fsp3) is 0.333. The van der Waals surface area contributed by atoms with Gasteiger partial charge in [-0.3, -0.25) is 0 Å². The van der Waals surface area contributed by atoms with Crippen molar-refractivity contribution in [3.05, 3.63) is 48.0 Å². The predicted molar refractivity (Wildman–Crippen MR) is 91.3 cm³/mol. The Morgan fingerprint density at radius 2 is 1.77 bits per heavy atom. The van der Waals surface area contributed by atoms with Crippen LogP contribution in [0.25, 0.3) is 11.1 Å². The summed E-state index contributed by atoms with van der Waals surface area (Å²) in [6.07, 6.45) is 0. The molecule has 22 heavy (non-hydrogen) atoms. The number of anilines is 1.